The lowest BCUT2D eigenvalue weighted by Crippen LogP contribution is -2.29. The number of carbonyl (C=O) groups excluding carboxylic acids is 2. The van der Waals surface area contributed by atoms with Crippen LogP contribution in [-0.4, -0.2) is 23.4 Å². The molecule has 0 aliphatic carbocycles. The average Bonchev–Trinajstić information content (AvgIpc) is 3.09. The first-order chi connectivity index (χ1) is 15.9. The SMILES string of the molecule is CCCOc1ccc(/C(O)=C2/C(=O)C(=O)N(c3cccc(C)c3)C2c2ccccc2)cc1C. The molecule has 1 amide bonds. The molecule has 5 nitrogen and oxygen atoms in total. The van der Waals surface area contributed by atoms with Crippen LogP contribution in [0.4, 0.5) is 5.69 Å². The van der Waals surface area contributed by atoms with Crippen LogP contribution in [0.2, 0.25) is 0 Å². The third kappa shape index (κ3) is 4.27. The van der Waals surface area contributed by atoms with Gasteiger partial charge in [0.15, 0.2) is 0 Å². The standard InChI is InChI=1S/C28H27NO4/c1-4-15-33-23-14-13-21(17-19(23)3)26(30)24-25(20-10-6-5-7-11-20)29(28(32)27(24)31)22-12-8-9-18(2)16-22/h5-14,16-17,25,30H,4,15H2,1-3H3/b26-24-. The molecule has 3 aromatic carbocycles. The minimum absolute atomic E-state index is 0.0781. The fourth-order valence-electron chi connectivity index (χ4n) is 4.15. The number of ether oxygens (including phenoxy) is 1. The van der Waals surface area contributed by atoms with E-state index in [1.165, 1.54) is 4.90 Å². The third-order valence-electron chi connectivity index (χ3n) is 5.75. The number of hydrogen-bond donors (Lipinski definition) is 1. The summed E-state index contributed by atoms with van der Waals surface area (Å²) in [7, 11) is 0. The molecule has 3 aromatic rings. The summed E-state index contributed by atoms with van der Waals surface area (Å²) in [5.41, 5.74) is 3.73. The molecule has 0 radical (unpaired) electrons. The van der Waals surface area contributed by atoms with Gasteiger partial charge in [0, 0.05) is 11.3 Å². The number of benzene rings is 3. The van der Waals surface area contributed by atoms with Gasteiger partial charge in [-0.2, -0.15) is 0 Å². The molecule has 33 heavy (non-hydrogen) atoms. The summed E-state index contributed by atoms with van der Waals surface area (Å²) in [6, 6.07) is 21.3. The van der Waals surface area contributed by atoms with Crippen LogP contribution in [-0.2, 0) is 9.59 Å². The third-order valence-corrected chi connectivity index (χ3v) is 5.75. The lowest BCUT2D eigenvalue weighted by Gasteiger charge is -2.25. The van der Waals surface area contributed by atoms with Gasteiger partial charge in [0.25, 0.3) is 11.7 Å². The van der Waals surface area contributed by atoms with E-state index in [1.54, 1.807) is 24.3 Å². The van der Waals surface area contributed by atoms with E-state index in [2.05, 4.69) is 0 Å². The number of nitrogens with zero attached hydrogens (tertiary/aromatic N) is 1. The fourth-order valence-corrected chi connectivity index (χ4v) is 4.15. The van der Waals surface area contributed by atoms with Crippen molar-refractivity contribution >= 4 is 23.1 Å². The van der Waals surface area contributed by atoms with Crippen molar-refractivity contribution in [2.75, 3.05) is 11.5 Å². The summed E-state index contributed by atoms with van der Waals surface area (Å²) >= 11 is 0. The van der Waals surface area contributed by atoms with Gasteiger partial charge >= 0.3 is 0 Å². The molecular formula is C28H27NO4. The van der Waals surface area contributed by atoms with Crippen LogP contribution in [0.5, 0.6) is 5.75 Å². The molecule has 1 atom stereocenters. The van der Waals surface area contributed by atoms with Crippen molar-refractivity contribution < 1.29 is 19.4 Å². The van der Waals surface area contributed by atoms with Crippen molar-refractivity contribution in [2.45, 2.75) is 33.2 Å². The molecule has 0 saturated carbocycles. The van der Waals surface area contributed by atoms with Crippen LogP contribution in [0.3, 0.4) is 0 Å². The second-order valence-corrected chi connectivity index (χ2v) is 8.25. The molecule has 0 aromatic heterocycles. The average molecular weight is 442 g/mol. The zero-order chi connectivity index (χ0) is 23.5. The quantitative estimate of drug-likeness (QED) is 0.302. The van der Waals surface area contributed by atoms with E-state index in [1.807, 2.05) is 69.3 Å². The predicted octanol–water partition coefficient (Wildman–Crippen LogP) is 5.72. The van der Waals surface area contributed by atoms with E-state index >= 15 is 0 Å². The Labute approximate surface area is 193 Å². The first-order valence-corrected chi connectivity index (χ1v) is 11.1. The highest BCUT2D eigenvalue weighted by atomic mass is 16.5. The molecule has 1 heterocycles. The first kappa shape index (κ1) is 22.3. The van der Waals surface area contributed by atoms with E-state index in [9.17, 15) is 14.7 Å². The first-order valence-electron chi connectivity index (χ1n) is 11.1. The Balaban J connectivity index is 1.87. The Hall–Kier alpha value is -3.86. The van der Waals surface area contributed by atoms with Crippen LogP contribution in [0, 0.1) is 13.8 Å². The number of hydrogen-bond acceptors (Lipinski definition) is 4. The van der Waals surface area contributed by atoms with Crippen LogP contribution >= 0.6 is 0 Å². The van der Waals surface area contributed by atoms with Gasteiger partial charge in [-0.05, 0) is 67.3 Å². The van der Waals surface area contributed by atoms with Gasteiger partial charge in [0.05, 0.1) is 18.2 Å². The number of carbonyl (C=O) groups is 2. The predicted molar refractivity (Wildman–Crippen MR) is 129 cm³/mol. The van der Waals surface area contributed by atoms with Crippen molar-refractivity contribution in [1.82, 2.24) is 0 Å². The van der Waals surface area contributed by atoms with Gasteiger partial charge in [-0.3, -0.25) is 14.5 Å². The van der Waals surface area contributed by atoms with Gasteiger partial charge < -0.3 is 9.84 Å². The molecule has 168 valence electrons. The molecule has 5 heteroatoms. The van der Waals surface area contributed by atoms with Crippen LogP contribution < -0.4 is 9.64 Å². The number of ketones is 1. The molecule has 1 unspecified atom stereocenters. The summed E-state index contributed by atoms with van der Waals surface area (Å²) in [4.78, 5) is 27.9. The monoisotopic (exact) mass is 441 g/mol. The smallest absolute Gasteiger partial charge is 0.300 e. The number of aliphatic hydroxyl groups excluding tert-OH is 1. The van der Waals surface area contributed by atoms with Crippen LogP contribution in [0.25, 0.3) is 5.76 Å². The molecule has 1 aliphatic heterocycles. The van der Waals surface area contributed by atoms with Gasteiger partial charge in [-0.1, -0.05) is 49.4 Å². The summed E-state index contributed by atoms with van der Waals surface area (Å²) in [6.45, 7) is 6.46. The lowest BCUT2D eigenvalue weighted by atomic mass is 9.94. The molecule has 1 aliphatic rings. The van der Waals surface area contributed by atoms with Crippen molar-refractivity contribution in [2.24, 2.45) is 0 Å². The van der Waals surface area contributed by atoms with Crippen molar-refractivity contribution in [3.63, 3.8) is 0 Å². The Kier molecular flexibility index (Phi) is 6.31. The molecule has 0 spiro atoms. The van der Waals surface area contributed by atoms with Gasteiger partial charge in [0.2, 0.25) is 0 Å². The van der Waals surface area contributed by atoms with Gasteiger partial charge in [-0.25, -0.2) is 0 Å². The normalized spacial score (nSPS) is 17.4. The molecule has 1 saturated heterocycles. The minimum Gasteiger partial charge on any atom is -0.507 e. The van der Waals surface area contributed by atoms with Crippen molar-refractivity contribution in [3.8, 4) is 5.75 Å². The van der Waals surface area contributed by atoms with Gasteiger partial charge in [0.1, 0.15) is 11.5 Å². The number of amides is 1. The van der Waals surface area contributed by atoms with Crippen molar-refractivity contribution in [1.29, 1.82) is 0 Å². The van der Waals surface area contributed by atoms with Crippen LogP contribution in [0.1, 0.15) is 41.6 Å². The highest BCUT2D eigenvalue weighted by Gasteiger charge is 2.46. The summed E-state index contributed by atoms with van der Waals surface area (Å²) in [5, 5.41) is 11.3. The van der Waals surface area contributed by atoms with Crippen LogP contribution in [0.15, 0.2) is 78.4 Å². The Bertz CT molecular complexity index is 1230. The maximum Gasteiger partial charge on any atom is 0.300 e. The fraction of sp³-hybridized carbons (Fsp3) is 0.214. The number of aryl methyl sites for hydroxylation is 2. The largest absolute Gasteiger partial charge is 0.507 e. The molecule has 0 bridgehead atoms. The van der Waals surface area contributed by atoms with Crippen molar-refractivity contribution in [3.05, 3.63) is 101 Å². The topological polar surface area (TPSA) is 66.8 Å². The highest BCUT2D eigenvalue weighted by molar-refractivity contribution is 6.51. The highest BCUT2D eigenvalue weighted by Crippen LogP contribution is 2.42. The minimum atomic E-state index is -0.732. The summed E-state index contributed by atoms with van der Waals surface area (Å²) in [6.07, 6.45) is 0.890. The lowest BCUT2D eigenvalue weighted by molar-refractivity contribution is -0.132. The van der Waals surface area contributed by atoms with E-state index in [0.29, 0.717) is 17.9 Å². The molecular weight excluding hydrogens is 414 g/mol. The zero-order valence-electron chi connectivity index (χ0n) is 19.0. The Morgan fingerprint density at radius 2 is 1.73 bits per heavy atom. The Morgan fingerprint density at radius 1 is 0.970 bits per heavy atom. The van der Waals surface area contributed by atoms with Gasteiger partial charge in [-0.15, -0.1) is 0 Å². The number of rotatable bonds is 6. The van der Waals surface area contributed by atoms with E-state index in [4.69, 9.17) is 4.74 Å². The zero-order valence-corrected chi connectivity index (χ0v) is 19.0. The maximum atomic E-state index is 13.2. The second kappa shape index (κ2) is 9.33. The number of aliphatic hydroxyl groups is 1. The molecule has 1 N–H and O–H groups in total. The van der Waals surface area contributed by atoms with E-state index < -0.39 is 17.7 Å². The second-order valence-electron chi connectivity index (χ2n) is 8.25. The number of Topliss-reactive ketones (excluding diaryl/α,β-unsaturated/α-hetero) is 1. The maximum absolute atomic E-state index is 13.2. The molecule has 1 fully saturated rings. The molecule has 4 rings (SSSR count). The van der Waals surface area contributed by atoms with E-state index in [-0.39, 0.29) is 11.3 Å². The summed E-state index contributed by atoms with van der Waals surface area (Å²) in [5.74, 6) is -0.821. The van der Waals surface area contributed by atoms with E-state index in [0.717, 1.165) is 28.9 Å². The number of anilines is 1. The Morgan fingerprint density at radius 3 is 2.39 bits per heavy atom. The summed E-state index contributed by atoms with van der Waals surface area (Å²) < 4.78 is 5.73.